The molecular weight excluding hydrogens is 228 g/mol. The van der Waals surface area contributed by atoms with Crippen molar-refractivity contribution in [3.63, 3.8) is 0 Å². The highest BCUT2D eigenvalue weighted by Gasteiger charge is 2.04. The van der Waals surface area contributed by atoms with Gasteiger partial charge in [-0.25, -0.2) is 4.98 Å². The molecule has 0 bridgehead atoms. The number of H-pyrrole nitrogens is 1. The summed E-state index contributed by atoms with van der Waals surface area (Å²) in [5.41, 5.74) is 8.18. The molecule has 0 unspecified atom stereocenters. The quantitative estimate of drug-likeness (QED) is 0.728. The highest BCUT2D eigenvalue weighted by Crippen LogP contribution is 2.03. The number of aromatic nitrogens is 2. The van der Waals surface area contributed by atoms with Gasteiger partial charge in [-0.3, -0.25) is 4.79 Å². The Morgan fingerprint density at radius 2 is 2.11 bits per heavy atom. The lowest BCUT2D eigenvalue weighted by Gasteiger charge is -2.05. The number of carbonyl (C=O) groups is 1. The number of hydrogen-bond acceptors (Lipinski definition) is 3. The molecule has 0 spiro atoms. The van der Waals surface area contributed by atoms with Crippen molar-refractivity contribution in [1.29, 1.82) is 0 Å². The fourth-order valence-electron chi connectivity index (χ4n) is 1.63. The van der Waals surface area contributed by atoms with Gasteiger partial charge in [0.25, 0.3) is 5.91 Å². The van der Waals surface area contributed by atoms with Crippen LogP contribution in [0.2, 0.25) is 0 Å². The van der Waals surface area contributed by atoms with Crippen molar-refractivity contribution in [2.24, 2.45) is 5.73 Å². The minimum absolute atomic E-state index is 0.0712. The predicted molar refractivity (Wildman–Crippen MR) is 69.0 cm³/mol. The van der Waals surface area contributed by atoms with Crippen LogP contribution in [-0.2, 0) is 13.0 Å². The maximum atomic E-state index is 11.8. The highest BCUT2D eigenvalue weighted by molar-refractivity contribution is 5.94. The molecule has 0 aliphatic heterocycles. The third kappa shape index (κ3) is 3.18. The molecule has 1 amide bonds. The van der Waals surface area contributed by atoms with Gasteiger partial charge in [0.2, 0.25) is 0 Å². The molecule has 0 aliphatic carbocycles. The SMILES string of the molecule is NCc1ccc(C(=O)NCCc2cnc[nH]2)cc1. The van der Waals surface area contributed by atoms with Gasteiger partial charge >= 0.3 is 0 Å². The second-order valence-electron chi connectivity index (χ2n) is 3.98. The van der Waals surface area contributed by atoms with Gasteiger partial charge in [0.1, 0.15) is 0 Å². The average molecular weight is 244 g/mol. The van der Waals surface area contributed by atoms with Gasteiger partial charge in [0.15, 0.2) is 0 Å². The maximum absolute atomic E-state index is 11.8. The van der Waals surface area contributed by atoms with E-state index in [0.717, 1.165) is 17.7 Å². The number of rotatable bonds is 5. The third-order valence-electron chi connectivity index (χ3n) is 2.69. The second kappa shape index (κ2) is 5.97. The lowest BCUT2D eigenvalue weighted by molar-refractivity contribution is 0.0954. The molecule has 4 N–H and O–H groups in total. The van der Waals surface area contributed by atoms with Crippen molar-refractivity contribution in [3.05, 3.63) is 53.6 Å². The fourth-order valence-corrected chi connectivity index (χ4v) is 1.63. The molecule has 1 heterocycles. The van der Waals surface area contributed by atoms with Crippen LogP contribution in [0.3, 0.4) is 0 Å². The van der Waals surface area contributed by atoms with Crippen LogP contribution in [0.1, 0.15) is 21.6 Å². The van der Waals surface area contributed by atoms with Crippen molar-refractivity contribution < 1.29 is 4.79 Å². The van der Waals surface area contributed by atoms with Crippen molar-refractivity contribution in [2.45, 2.75) is 13.0 Å². The Hall–Kier alpha value is -2.14. The molecule has 0 atom stereocenters. The van der Waals surface area contributed by atoms with Crippen molar-refractivity contribution in [1.82, 2.24) is 15.3 Å². The summed E-state index contributed by atoms with van der Waals surface area (Å²) in [7, 11) is 0. The van der Waals surface area contributed by atoms with Gasteiger partial charge in [-0.2, -0.15) is 0 Å². The number of benzene rings is 1. The zero-order chi connectivity index (χ0) is 12.8. The Morgan fingerprint density at radius 3 is 2.72 bits per heavy atom. The normalized spacial score (nSPS) is 10.3. The van der Waals surface area contributed by atoms with E-state index in [1.807, 2.05) is 12.1 Å². The minimum atomic E-state index is -0.0712. The molecule has 0 saturated carbocycles. The van der Waals surface area contributed by atoms with E-state index in [1.165, 1.54) is 0 Å². The van der Waals surface area contributed by atoms with E-state index in [0.29, 0.717) is 18.7 Å². The van der Waals surface area contributed by atoms with E-state index in [1.54, 1.807) is 24.7 Å². The Labute approximate surface area is 105 Å². The molecule has 18 heavy (non-hydrogen) atoms. The van der Waals surface area contributed by atoms with Crippen molar-refractivity contribution in [3.8, 4) is 0 Å². The van der Waals surface area contributed by atoms with Crippen LogP contribution in [0.15, 0.2) is 36.8 Å². The molecule has 2 aromatic rings. The van der Waals surface area contributed by atoms with Crippen LogP contribution in [0.25, 0.3) is 0 Å². The van der Waals surface area contributed by atoms with Crippen LogP contribution in [0, 0.1) is 0 Å². The maximum Gasteiger partial charge on any atom is 0.251 e. The molecule has 0 radical (unpaired) electrons. The van der Waals surface area contributed by atoms with Gasteiger partial charge in [-0.15, -0.1) is 0 Å². The van der Waals surface area contributed by atoms with Crippen LogP contribution in [0.5, 0.6) is 0 Å². The largest absolute Gasteiger partial charge is 0.352 e. The molecule has 94 valence electrons. The Morgan fingerprint density at radius 1 is 1.33 bits per heavy atom. The number of imidazole rings is 1. The monoisotopic (exact) mass is 244 g/mol. The number of nitrogens with two attached hydrogens (primary N) is 1. The number of aromatic amines is 1. The summed E-state index contributed by atoms with van der Waals surface area (Å²) < 4.78 is 0. The number of hydrogen-bond donors (Lipinski definition) is 3. The van der Waals surface area contributed by atoms with Crippen molar-refractivity contribution >= 4 is 5.91 Å². The summed E-state index contributed by atoms with van der Waals surface area (Å²) >= 11 is 0. The lowest BCUT2D eigenvalue weighted by atomic mass is 10.1. The Bertz CT molecular complexity index is 490. The van der Waals surface area contributed by atoms with Crippen LogP contribution in [-0.4, -0.2) is 22.4 Å². The summed E-state index contributed by atoms with van der Waals surface area (Å²) in [4.78, 5) is 18.7. The van der Waals surface area contributed by atoms with Gasteiger partial charge in [0.05, 0.1) is 6.33 Å². The zero-order valence-corrected chi connectivity index (χ0v) is 10.0. The summed E-state index contributed by atoms with van der Waals surface area (Å²) in [6.45, 7) is 1.07. The van der Waals surface area contributed by atoms with E-state index in [2.05, 4.69) is 15.3 Å². The molecule has 5 heteroatoms. The van der Waals surface area contributed by atoms with Gasteiger partial charge in [-0.05, 0) is 17.7 Å². The molecule has 1 aromatic carbocycles. The summed E-state index contributed by atoms with van der Waals surface area (Å²) in [6, 6.07) is 7.30. The van der Waals surface area contributed by atoms with E-state index in [4.69, 9.17) is 5.73 Å². The van der Waals surface area contributed by atoms with Crippen molar-refractivity contribution in [2.75, 3.05) is 6.54 Å². The summed E-state index contributed by atoms with van der Waals surface area (Å²) in [5, 5.41) is 2.86. The number of nitrogens with zero attached hydrogens (tertiary/aromatic N) is 1. The first-order valence-corrected chi connectivity index (χ1v) is 5.84. The van der Waals surface area contributed by atoms with Gasteiger partial charge < -0.3 is 16.0 Å². The summed E-state index contributed by atoms with van der Waals surface area (Å²) in [5.74, 6) is -0.0712. The first-order valence-electron chi connectivity index (χ1n) is 5.84. The van der Waals surface area contributed by atoms with Crippen LogP contribution >= 0.6 is 0 Å². The molecule has 1 aromatic heterocycles. The Balaban J connectivity index is 1.83. The second-order valence-corrected chi connectivity index (χ2v) is 3.98. The number of amides is 1. The van der Waals surface area contributed by atoms with E-state index in [-0.39, 0.29) is 5.91 Å². The minimum Gasteiger partial charge on any atom is -0.352 e. The topological polar surface area (TPSA) is 83.8 Å². The first kappa shape index (κ1) is 12.3. The van der Waals surface area contributed by atoms with E-state index in [9.17, 15) is 4.79 Å². The molecule has 2 rings (SSSR count). The first-order chi connectivity index (χ1) is 8.79. The number of carbonyl (C=O) groups excluding carboxylic acids is 1. The lowest BCUT2D eigenvalue weighted by Crippen LogP contribution is -2.25. The number of nitrogens with one attached hydrogen (secondary N) is 2. The predicted octanol–water partition coefficient (Wildman–Crippen LogP) is 0.841. The smallest absolute Gasteiger partial charge is 0.251 e. The van der Waals surface area contributed by atoms with Gasteiger partial charge in [-0.1, -0.05) is 12.1 Å². The highest BCUT2D eigenvalue weighted by atomic mass is 16.1. The molecule has 0 aliphatic rings. The molecular formula is C13H16N4O. The van der Waals surface area contributed by atoms with E-state index >= 15 is 0 Å². The van der Waals surface area contributed by atoms with Crippen LogP contribution in [0.4, 0.5) is 0 Å². The average Bonchev–Trinajstić information content (AvgIpc) is 2.92. The third-order valence-corrected chi connectivity index (χ3v) is 2.69. The van der Waals surface area contributed by atoms with Crippen LogP contribution < -0.4 is 11.1 Å². The standard InChI is InChI=1S/C13H16N4O/c14-7-10-1-3-11(4-2-10)13(18)16-6-5-12-8-15-9-17-12/h1-4,8-9H,5-7,14H2,(H,15,17)(H,16,18). The fraction of sp³-hybridized carbons (Fsp3) is 0.231. The zero-order valence-electron chi connectivity index (χ0n) is 10.0. The van der Waals surface area contributed by atoms with Gasteiger partial charge in [0, 0.05) is 37.0 Å². The molecule has 5 nitrogen and oxygen atoms in total. The molecule has 0 saturated heterocycles. The summed E-state index contributed by atoms with van der Waals surface area (Å²) in [6.07, 6.45) is 4.12. The Kier molecular flexibility index (Phi) is 4.09. The molecule has 0 fully saturated rings. The van der Waals surface area contributed by atoms with E-state index < -0.39 is 0 Å².